The highest BCUT2D eigenvalue weighted by atomic mass is 19.4. The van der Waals surface area contributed by atoms with Crippen LogP contribution in [0.5, 0.6) is 0 Å². The van der Waals surface area contributed by atoms with Crippen LogP contribution >= 0.6 is 0 Å². The molecule has 3 aromatic rings. The molecule has 1 amide bonds. The molecule has 154 valence electrons. The lowest BCUT2D eigenvalue weighted by Crippen LogP contribution is -2.28. The number of nitrogens with one attached hydrogen (secondary N) is 1. The third-order valence-electron chi connectivity index (χ3n) is 4.66. The number of carbonyl (C=O) groups excluding carboxylic acids is 1. The van der Waals surface area contributed by atoms with E-state index in [9.17, 15) is 27.2 Å². The Morgan fingerprint density at radius 2 is 1.72 bits per heavy atom. The summed E-state index contributed by atoms with van der Waals surface area (Å²) in [5, 5.41) is 2.41. The van der Waals surface area contributed by atoms with Gasteiger partial charge in [0.2, 0.25) is 5.91 Å². The van der Waals surface area contributed by atoms with E-state index in [2.05, 4.69) is 5.32 Å². The predicted octanol–water partition coefficient (Wildman–Crippen LogP) is 3.69. The predicted molar refractivity (Wildman–Crippen MR) is 99.7 cm³/mol. The lowest BCUT2D eigenvalue weighted by atomic mass is 10.1. The summed E-state index contributed by atoms with van der Waals surface area (Å²) in [4.78, 5) is 24.7. The van der Waals surface area contributed by atoms with Gasteiger partial charge in [-0.3, -0.25) is 13.9 Å². The van der Waals surface area contributed by atoms with Crippen LogP contribution in [0.2, 0.25) is 0 Å². The minimum absolute atomic E-state index is 0.0832. The fourth-order valence-corrected chi connectivity index (χ4v) is 3.26. The van der Waals surface area contributed by atoms with Gasteiger partial charge in [-0.15, -0.1) is 0 Å². The molecule has 0 aliphatic carbocycles. The van der Waals surface area contributed by atoms with Crippen molar-refractivity contribution in [1.82, 2.24) is 14.5 Å². The quantitative estimate of drug-likeness (QED) is 0.632. The monoisotopic (exact) mass is 409 g/mol. The number of imidazole rings is 1. The number of aromatic nitrogens is 2. The molecule has 3 rings (SSSR count). The van der Waals surface area contributed by atoms with Crippen molar-refractivity contribution in [2.45, 2.75) is 39.2 Å². The average molecular weight is 409 g/mol. The van der Waals surface area contributed by atoms with Crippen molar-refractivity contribution in [3.8, 4) is 0 Å². The number of amides is 1. The first-order chi connectivity index (χ1) is 13.7. The van der Waals surface area contributed by atoms with Crippen LogP contribution in [0.25, 0.3) is 11.0 Å². The summed E-state index contributed by atoms with van der Waals surface area (Å²) < 4.78 is 55.3. The number of aryl methyl sites for hydroxylation is 2. The molecule has 0 radical (unpaired) electrons. The third-order valence-corrected chi connectivity index (χ3v) is 4.66. The van der Waals surface area contributed by atoms with E-state index in [1.807, 2.05) is 19.1 Å². The zero-order valence-electron chi connectivity index (χ0n) is 15.6. The average Bonchev–Trinajstić information content (AvgIpc) is 2.95. The summed E-state index contributed by atoms with van der Waals surface area (Å²) in [6.45, 7) is 2.02. The Morgan fingerprint density at radius 1 is 1.07 bits per heavy atom. The van der Waals surface area contributed by atoms with Crippen LogP contribution in [0.3, 0.4) is 0 Å². The van der Waals surface area contributed by atoms with E-state index < -0.39 is 23.5 Å². The first kappa shape index (κ1) is 20.6. The Hall–Kier alpha value is -3.10. The smallest absolute Gasteiger partial charge is 0.352 e. The van der Waals surface area contributed by atoms with Crippen molar-refractivity contribution in [3.05, 3.63) is 69.9 Å². The van der Waals surface area contributed by atoms with Crippen LogP contribution in [0.1, 0.15) is 24.5 Å². The molecule has 0 aliphatic heterocycles. The number of hydrogen-bond acceptors (Lipinski definition) is 2. The zero-order chi connectivity index (χ0) is 21.2. The summed E-state index contributed by atoms with van der Waals surface area (Å²) in [5.74, 6) is -1.51. The van der Waals surface area contributed by atoms with E-state index >= 15 is 0 Å². The van der Waals surface area contributed by atoms with Crippen LogP contribution in [-0.4, -0.2) is 15.0 Å². The summed E-state index contributed by atoms with van der Waals surface area (Å²) in [6, 6.07) is 9.49. The minimum atomic E-state index is -4.72. The van der Waals surface area contributed by atoms with Gasteiger partial charge in [0.15, 0.2) is 0 Å². The van der Waals surface area contributed by atoms with Crippen molar-refractivity contribution < 1.29 is 22.4 Å². The third kappa shape index (κ3) is 4.33. The van der Waals surface area contributed by atoms with Crippen molar-refractivity contribution in [2.75, 3.05) is 0 Å². The molecule has 1 N–H and O–H groups in total. The molecule has 0 atom stereocenters. The number of halogens is 4. The SMILES string of the molecule is CCn1c(=O)n(CCC(=O)NCc2ccc(F)cc2C(F)(F)F)c2ccccc21. The Bertz CT molecular complexity index is 1100. The van der Waals surface area contributed by atoms with Crippen molar-refractivity contribution in [2.24, 2.45) is 0 Å². The first-order valence-electron chi connectivity index (χ1n) is 9.02. The van der Waals surface area contributed by atoms with Crippen LogP contribution in [0.15, 0.2) is 47.3 Å². The maximum atomic E-state index is 13.2. The second-order valence-electron chi connectivity index (χ2n) is 6.49. The van der Waals surface area contributed by atoms with E-state index in [1.54, 1.807) is 16.7 Å². The molecule has 0 saturated heterocycles. The second-order valence-corrected chi connectivity index (χ2v) is 6.49. The maximum absolute atomic E-state index is 13.2. The Balaban J connectivity index is 1.70. The normalized spacial score (nSPS) is 11.8. The molecule has 1 aromatic heterocycles. The topological polar surface area (TPSA) is 56.0 Å². The van der Waals surface area contributed by atoms with E-state index in [0.29, 0.717) is 18.1 Å². The number of para-hydroxylation sites is 2. The van der Waals surface area contributed by atoms with Crippen LogP contribution in [0, 0.1) is 5.82 Å². The second kappa shape index (κ2) is 8.10. The Kier molecular flexibility index (Phi) is 5.76. The number of hydrogen-bond donors (Lipinski definition) is 1. The molecule has 0 saturated carbocycles. The molecule has 2 aromatic carbocycles. The van der Waals surface area contributed by atoms with Gasteiger partial charge in [0.05, 0.1) is 16.6 Å². The van der Waals surface area contributed by atoms with Crippen LogP contribution in [-0.2, 0) is 30.6 Å². The lowest BCUT2D eigenvalue weighted by Gasteiger charge is -2.13. The van der Waals surface area contributed by atoms with E-state index in [0.717, 1.165) is 17.6 Å². The number of nitrogens with zero attached hydrogens (tertiary/aromatic N) is 2. The van der Waals surface area contributed by atoms with Gasteiger partial charge in [-0.05, 0) is 36.8 Å². The Labute approximate surface area is 163 Å². The van der Waals surface area contributed by atoms with E-state index in [1.165, 1.54) is 4.57 Å². The maximum Gasteiger partial charge on any atom is 0.416 e. The van der Waals surface area contributed by atoms with Crippen molar-refractivity contribution in [1.29, 1.82) is 0 Å². The van der Waals surface area contributed by atoms with E-state index in [4.69, 9.17) is 0 Å². The molecule has 1 heterocycles. The standard InChI is InChI=1S/C20H19F4N3O2/c1-2-26-16-5-3-4-6-17(16)27(19(26)29)10-9-18(28)25-12-13-7-8-14(21)11-15(13)20(22,23)24/h3-8,11H,2,9-10,12H2,1H3,(H,25,28). The molecule has 0 fully saturated rings. The largest absolute Gasteiger partial charge is 0.416 e. The molecule has 5 nitrogen and oxygen atoms in total. The van der Waals surface area contributed by atoms with Gasteiger partial charge in [0.25, 0.3) is 0 Å². The molecule has 9 heteroatoms. The highest BCUT2D eigenvalue weighted by Gasteiger charge is 2.33. The van der Waals surface area contributed by atoms with Gasteiger partial charge in [-0.25, -0.2) is 9.18 Å². The summed E-state index contributed by atoms with van der Waals surface area (Å²) in [5.41, 5.74) is -0.169. The number of benzene rings is 2. The highest BCUT2D eigenvalue weighted by Crippen LogP contribution is 2.32. The summed E-state index contributed by atoms with van der Waals surface area (Å²) in [6.07, 6.45) is -4.81. The minimum Gasteiger partial charge on any atom is -0.352 e. The summed E-state index contributed by atoms with van der Waals surface area (Å²) in [7, 11) is 0. The van der Waals surface area contributed by atoms with Gasteiger partial charge < -0.3 is 5.32 Å². The molecule has 0 bridgehead atoms. The van der Waals surface area contributed by atoms with E-state index in [-0.39, 0.29) is 30.8 Å². The van der Waals surface area contributed by atoms with Crippen molar-refractivity contribution in [3.63, 3.8) is 0 Å². The van der Waals surface area contributed by atoms with Crippen LogP contribution in [0.4, 0.5) is 17.6 Å². The van der Waals surface area contributed by atoms with Crippen LogP contribution < -0.4 is 11.0 Å². The number of rotatable bonds is 6. The van der Waals surface area contributed by atoms with Crippen molar-refractivity contribution >= 4 is 16.9 Å². The lowest BCUT2D eigenvalue weighted by molar-refractivity contribution is -0.138. The zero-order valence-corrected chi connectivity index (χ0v) is 15.6. The van der Waals surface area contributed by atoms with Gasteiger partial charge in [-0.2, -0.15) is 13.2 Å². The van der Waals surface area contributed by atoms with Gasteiger partial charge in [0.1, 0.15) is 5.82 Å². The molecule has 0 aliphatic rings. The van der Waals surface area contributed by atoms with Gasteiger partial charge in [-0.1, -0.05) is 18.2 Å². The number of alkyl halides is 3. The van der Waals surface area contributed by atoms with Gasteiger partial charge in [0, 0.05) is 26.1 Å². The fraction of sp³-hybridized carbons (Fsp3) is 0.300. The number of fused-ring (bicyclic) bond motifs is 1. The Morgan fingerprint density at radius 3 is 2.34 bits per heavy atom. The van der Waals surface area contributed by atoms with Gasteiger partial charge >= 0.3 is 11.9 Å². The molecular weight excluding hydrogens is 390 g/mol. The molecule has 29 heavy (non-hydrogen) atoms. The number of carbonyl (C=O) groups is 1. The summed E-state index contributed by atoms with van der Waals surface area (Å²) >= 11 is 0. The molecular formula is C20H19F4N3O2. The first-order valence-corrected chi connectivity index (χ1v) is 9.02. The highest BCUT2D eigenvalue weighted by molar-refractivity contribution is 5.78. The molecule has 0 unspecified atom stereocenters. The molecule has 0 spiro atoms. The fourth-order valence-electron chi connectivity index (χ4n) is 3.26.